The molecule has 1 heterocycles. The normalized spacial score (nSPS) is 11.8. The summed E-state index contributed by atoms with van der Waals surface area (Å²) in [7, 11) is 0. The molecule has 3 rings (SSSR count). The molecule has 0 amide bonds. The molecule has 0 bridgehead atoms. The molecule has 2 N–H and O–H groups in total. The fraction of sp³-hybridized carbons (Fsp3) is 0.200. The highest BCUT2D eigenvalue weighted by Crippen LogP contribution is 2.25. The Morgan fingerprint density at radius 3 is 2.52 bits per heavy atom. The predicted molar refractivity (Wildman–Crippen MR) is 106 cm³/mol. The summed E-state index contributed by atoms with van der Waals surface area (Å²) in [5, 5.41) is 7.34. The van der Waals surface area contributed by atoms with Crippen molar-refractivity contribution in [1.82, 2.24) is 9.97 Å². The molecule has 25 heavy (non-hydrogen) atoms. The number of rotatable bonds is 6. The van der Waals surface area contributed by atoms with Gasteiger partial charge in [-0.25, -0.2) is 4.98 Å². The molecule has 0 saturated heterocycles. The lowest BCUT2D eigenvalue weighted by Gasteiger charge is -2.14. The van der Waals surface area contributed by atoms with Crippen LogP contribution in [0.15, 0.2) is 60.7 Å². The maximum absolute atomic E-state index is 6.07. The molecule has 128 valence electrons. The number of halogens is 1. The molecular weight excluding hydrogens is 332 g/mol. The molecule has 0 saturated carbocycles. The zero-order chi connectivity index (χ0) is 17.6. The first-order valence-electron chi connectivity index (χ1n) is 8.37. The standard InChI is InChI=1S/C20H21ClN4/c1-3-14(2)22-20-24-18(15-8-5-4-6-9-15)13-19(25-20)23-17-11-7-10-16(21)12-17/h4-14H,3H2,1-2H3,(H2,22,23,24,25)/t14-/m0/s1. The first kappa shape index (κ1) is 17.2. The van der Waals surface area contributed by atoms with E-state index < -0.39 is 0 Å². The van der Waals surface area contributed by atoms with Gasteiger partial charge in [-0.1, -0.05) is 54.9 Å². The van der Waals surface area contributed by atoms with Crippen LogP contribution in [0.1, 0.15) is 20.3 Å². The molecule has 3 aromatic rings. The van der Waals surface area contributed by atoms with Crippen molar-refractivity contribution in [3.8, 4) is 11.3 Å². The van der Waals surface area contributed by atoms with E-state index in [9.17, 15) is 0 Å². The summed E-state index contributed by atoms with van der Waals surface area (Å²) < 4.78 is 0. The minimum absolute atomic E-state index is 0.296. The minimum atomic E-state index is 0.296. The van der Waals surface area contributed by atoms with E-state index in [1.54, 1.807) is 0 Å². The highest BCUT2D eigenvalue weighted by atomic mass is 35.5. The fourth-order valence-electron chi connectivity index (χ4n) is 2.37. The molecule has 0 aliphatic carbocycles. The number of hydrogen-bond acceptors (Lipinski definition) is 4. The SMILES string of the molecule is CC[C@H](C)Nc1nc(Nc2cccc(Cl)c2)cc(-c2ccccc2)n1. The van der Waals surface area contributed by atoms with Gasteiger partial charge in [0.15, 0.2) is 0 Å². The average molecular weight is 353 g/mol. The van der Waals surface area contributed by atoms with E-state index in [4.69, 9.17) is 11.6 Å². The Labute approximate surface area is 153 Å². The molecule has 0 aliphatic heterocycles. The summed E-state index contributed by atoms with van der Waals surface area (Å²) in [4.78, 5) is 9.26. The van der Waals surface area contributed by atoms with Crippen molar-refractivity contribution in [2.24, 2.45) is 0 Å². The van der Waals surface area contributed by atoms with Crippen LogP contribution in [0.4, 0.5) is 17.5 Å². The smallest absolute Gasteiger partial charge is 0.225 e. The Morgan fingerprint density at radius 2 is 1.80 bits per heavy atom. The third-order valence-corrected chi connectivity index (χ3v) is 4.12. The Balaban J connectivity index is 1.97. The van der Waals surface area contributed by atoms with Crippen molar-refractivity contribution in [3.63, 3.8) is 0 Å². The van der Waals surface area contributed by atoms with Gasteiger partial charge in [0.05, 0.1) is 5.69 Å². The Hall–Kier alpha value is -2.59. The van der Waals surface area contributed by atoms with E-state index in [0.717, 1.165) is 29.2 Å². The van der Waals surface area contributed by atoms with Crippen LogP contribution in [0.5, 0.6) is 0 Å². The van der Waals surface area contributed by atoms with Gasteiger partial charge in [-0.05, 0) is 31.5 Å². The highest BCUT2D eigenvalue weighted by Gasteiger charge is 2.09. The maximum atomic E-state index is 6.07. The molecule has 0 aliphatic rings. The van der Waals surface area contributed by atoms with Gasteiger partial charge in [-0.15, -0.1) is 0 Å². The monoisotopic (exact) mass is 352 g/mol. The van der Waals surface area contributed by atoms with Gasteiger partial charge in [0.1, 0.15) is 5.82 Å². The molecule has 0 unspecified atom stereocenters. The van der Waals surface area contributed by atoms with Gasteiger partial charge in [0, 0.05) is 28.4 Å². The summed E-state index contributed by atoms with van der Waals surface area (Å²) in [5.41, 5.74) is 2.80. The van der Waals surface area contributed by atoms with Crippen molar-refractivity contribution < 1.29 is 0 Å². The third-order valence-electron chi connectivity index (χ3n) is 3.88. The Morgan fingerprint density at radius 1 is 1.00 bits per heavy atom. The molecule has 2 aromatic carbocycles. The van der Waals surface area contributed by atoms with Crippen LogP contribution >= 0.6 is 11.6 Å². The molecule has 0 fully saturated rings. The zero-order valence-corrected chi connectivity index (χ0v) is 15.1. The summed E-state index contributed by atoms with van der Waals surface area (Å²) in [6.07, 6.45) is 0.996. The summed E-state index contributed by atoms with van der Waals surface area (Å²) in [6, 6.07) is 19.9. The van der Waals surface area contributed by atoms with Crippen LogP contribution < -0.4 is 10.6 Å². The van der Waals surface area contributed by atoms with E-state index in [-0.39, 0.29) is 0 Å². The van der Waals surface area contributed by atoms with Crippen molar-refractivity contribution in [2.75, 3.05) is 10.6 Å². The predicted octanol–water partition coefficient (Wildman–Crippen LogP) is 5.75. The number of aromatic nitrogens is 2. The van der Waals surface area contributed by atoms with Crippen LogP contribution in [0, 0.1) is 0 Å². The summed E-state index contributed by atoms with van der Waals surface area (Å²) in [5.74, 6) is 1.34. The van der Waals surface area contributed by atoms with Gasteiger partial charge < -0.3 is 10.6 Å². The van der Waals surface area contributed by atoms with Crippen molar-refractivity contribution in [3.05, 3.63) is 65.7 Å². The van der Waals surface area contributed by atoms with Crippen LogP contribution in [-0.4, -0.2) is 16.0 Å². The van der Waals surface area contributed by atoms with Crippen LogP contribution in [-0.2, 0) is 0 Å². The first-order valence-corrected chi connectivity index (χ1v) is 8.75. The molecular formula is C20H21ClN4. The topological polar surface area (TPSA) is 49.8 Å². The van der Waals surface area contributed by atoms with Gasteiger partial charge in [0.2, 0.25) is 5.95 Å². The summed E-state index contributed by atoms with van der Waals surface area (Å²) in [6.45, 7) is 4.24. The molecule has 4 nitrogen and oxygen atoms in total. The van der Waals surface area contributed by atoms with E-state index in [1.807, 2.05) is 60.7 Å². The number of hydrogen-bond donors (Lipinski definition) is 2. The van der Waals surface area contributed by atoms with Crippen molar-refractivity contribution in [1.29, 1.82) is 0 Å². The molecule has 1 aromatic heterocycles. The van der Waals surface area contributed by atoms with Gasteiger partial charge in [-0.3, -0.25) is 0 Å². The van der Waals surface area contributed by atoms with Gasteiger partial charge in [0.25, 0.3) is 0 Å². The molecule has 5 heteroatoms. The molecule has 0 radical (unpaired) electrons. The third kappa shape index (κ3) is 4.70. The number of nitrogens with zero attached hydrogens (tertiary/aromatic N) is 2. The highest BCUT2D eigenvalue weighted by molar-refractivity contribution is 6.30. The maximum Gasteiger partial charge on any atom is 0.225 e. The second kappa shape index (κ2) is 7.99. The molecule has 1 atom stereocenters. The second-order valence-corrected chi connectivity index (χ2v) is 6.35. The Bertz CT molecular complexity index is 836. The lowest BCUT2D eigenvalue weighted by atomic mass is 10.1. The van der Waals surface area contributed by atoms with Crippen LogP contribution in [0.3, 0.4) is 0 Å². The Kier molecular flexibility index (Phi) is 5.51. The van der Waals surface area contributed by atoms with E-state index in [2.05, 4.69) is 34.4 Å². The number of anilines is 3. The lowest BCUT2D eigenvalue weighted by molar-refractivity contribution is 0.753. The van der Waals surface area contributed by atoms with Crippen molar-refractivity contribution in [2.45, 2.75) is 26.3 Å². The van der Waals surface area contributed by atoms with Crippen LogP contribution in [0.25, 0.3) is 11.3 Å². The first-order chi connectivity index (χ1) is 12.1. The fourth-order valence-corrected chi connectivity index (χ4v) is 2.56. The zero-order valence-electron chi connectivity index (χ0n) is 14.3. The van der Waals surface area contributed by atoms with E-state index in [0.29, 0.717) is 17.0 Å². The average Bonchev–Trinajstić information content (AvgIpc) is 2.62. The largest absolute Gasteiger partial charge is 0.352 e. The van der Waals surface area contributed by atoms with E-state index in [1.165, 1.54) is 0 Å². The van der Waals surface area contributed by atoms with Gasteiger partial charge in [-0.2, -0.15) is 4.98 Å². The van der Waals surface area contributed by atoms with Gasteiger partial charge >= 0.3 is 0 Å². The van der Waals surface area contributed by atoms with Crippen molar-refractivity contribution >= 4 is 29.1 Å². The second-order valence-electron chi connectivity index (χ2n) is 5.92. The minimum Gasteiger partial charge on any atom is -0.352 e. The van der Waals surface area contributed by atoms with Crippen LogP contribution in [0.2, 0.25) is 5.02 Å². The van der Waals surface area contributed by atoms with E-state index >= 15 is 0 Å². The number of benzene rings is 2. The number of nitrogens with one attached hydrogen (secondary N) is 2. The molecule has 0 spiro atoms. The summed E-state index contributed by atoms with van der Waals surface area (Å²) >= 11 is 6.07. The lowest BCUT2D eigenvalue weighted by Crippen LogP contribution is -2.16. The quantitative estimate of drug-likeness (QED) is 0.593.